The first-order valence-electron chi connectivity index (χ1n) is 5.67. The van der Waals surface area contributed by atoms with Crippen LogP contribution in [0.15, 0.2) is 18.2 Å². The van der Waals surface area contributed by atoms with E-state index < -0.39 is 0 Å². The zero-order valence-electron chi connectivity index (χ0n) is 9.56. The highest BCUT2D eigenvalue weighted by atomic mass is 16.6. The minimum Gasteiger partial charge on any atom is -0.504 e. The fourth-order valence-corrected chi connectivity index (χ4v) is 1.74. The molecule has 1 aromatic carbocycles. The molecule has 2 rings (SSSR count). The van der Waals surface area contributed by atoms with E-state index in [1.807, 2.05) is 0 Å². The monoisotopic (exact) mass is 239 g/mol. The molecule has 1 heterocycles. The Morgan fingerprint density at radius 2 is 2.18 bits per heavy atom. The minimum atomic E-state index is -0.0958. The molecule has 0 amide bonds. The summed E-state index contributed by atoms with van der Waals surface area (Å²) < 4.78 is 10.7. The van der Waals surface area contributed by atoms with Crippen molar-refractivity contribution in [3.05, 3.63) is 23.8 Å². The number of rotatable bonds is 4. The van der Waals surface area contributed by atoms with Gasteiger partial charge in [0.05, 0.1) is 25.9 Å². The summed E-state index contributed by atoms with van der Waals surface area (Å²) in [4.78, 5) is 0. The van der Waals surface area contributed by atoms with E-state index in [0.717, 1.165) is 0 Å². The maximum absolute atomic E-state index is 9.59. The largest absolute Gasteiger partial charge is 0.504 e. The Morgan fingerprint density at radius 3 is 2.94 bits per heavy atom. The van der Waals surface area contributed by atoms with Crippen LogP contribution in [0.2, 0.25) is 0 Å². The van der Waals surface area contributed by atoms with Crippen molar-refractivity contribution in [1.29, 1.82) is 0 Å². The smallest absolute Gasteiger partial charge is 0.161 e. The van der Waals surface area contributed by atoms with E-state index >= 15 is 0 Å². The molecule has 1 aromatic rings. The number of phenolic OH excluding ortho intramolecular Hbond substituents is 2. The van der Waals surface area contributed by atoms with E-state index in [-0.39, 0.29) is 17.6 Å². The van der Waals surface area contributed by atoms with Crippen LogP contribution in [0.3, 0.4) is 0 Å². The van der Waals surface area contributed by atoms with Crippen molar-refractivity contribution in [3.63, 3.8) is 0 Å². The van der Waals surface area contributed by atoms with Gasteiger partial charge in [0.15, 0.2) is 11.5 Å². The standard InChI is InChI=1S/C12H17NO4/c14-11-3-1-2-9(12(11)15)6-13-7-10-8-16-4-5-17-10/h1-3,10,13-15H,4-8H2. The summed E-state index contributed by atoms with van der Waals surface area (Å²) in [6.07, 6.45) is 0.0585. The molecule has 0 bridgehead atoms. The van der Waals surface area contributed by atoms with Crippen molar-refractivity contribution in [2.24, 2.45) is 0 Å². The predicted molar refractivity (Wildman–Crippen MR) is 62.0 cm³/mol. The van der Waals surface area contributed by atoms with Crippen LogP contribution in [0.25, 0.3) is 0 Å². The summed E-state index contributed by atoms with van der Waals surface area (Å²) in [5.41, 5.74) is 0.668. The Labute approximate surface area is 100.0 Å². The molecule has 1 unspecified atom stereocenters. The third kappa shape index (κ3) is 3.33. The molecule has 0 spiro atoms. The molecule has 94 valence electrons. The zero-order chi connectivity index (χ0) is 12.1. The molecule has 0 radical (unpaired) electrons. The van der Waals surface area contributed by atoms with E-state index in [0.29, 0.717) is 38.5 Å². The molecule has 5 nitrogen and oxygen atoms in total. The number of aromatic hydroxyl groups is 2. The van der Waals surface area contributed by atoms with Crippen LogP contribution in [0, 0.1) is 0 Å². The van der Waals surface area contributed by atoms with Crippen LogP contribution >= 0.6 is 0 Å². The number of phenols is 2. The number of hydrogen-bond acceptors (Lipinski definition) is 5. The quantitative estimate of drug-likeness (QED) is 0.671. The lowest BCUT2D eigenvalue weighted by Gasteiger charge is -2.23. The Balaban J connectivity index is 1.79. The first-order valence-corrected chi connectivity index (χ1v) is 5.67. The van der Waals surface area contributed by atoms with Crippen molar-refractivity contribution < 1.29 is 19.7 Å². The SMILES string of the molecule is Oc1cccc(CNCC2COCCO2)c1O. The average Bonchev–Trinajstić information content (AvgIpc) is 2.36. The minimum absolute atomic E-state index is 0.0585. The number of ether oxygens (including phenoxy) is 2. The molecular formula is C12H17NO4. The van der Waals surface area contributed by atoms with Crippen LogP contribution in [0.4, 0.5) is 0 Å². The van der Waals surface area contributed by atoms with Gasteiger partial charge in [-0.3, -0.25) is 0 Å². The highest BCUT2D eigenvalue weighted by Gasteiger charge is 2.14. The van der Waals surface area contributed by atoms with Crippen LogP contribution in [-0.2, 0) is 16.0 Å². The summed E-state index contributed by atoms with van der Waals surface area (Å²) in [5, 5.41) is 22.1. The molecule has 0 aliphatic carbocycles. The maximum atomic E-state index is 9.59. The topological polar surface area (TPSA) is 71.0 Å². The molecule has 1 atom stereocenters. The van der Waals surface area contributed by atoms with Crippen LogP contribution in [-0.4, -0.2) is 42.7 Å². The van der Waals surface area contributed by atoms with Crippen molar-refractivity contribution in [2.45, 2.75) is 12.6 Å². The highest BCUT2D eigenvalue weighted by molar-refractivity contribution is 5.44. The number of benzene rings is 1. The lowest BCUT2D eigenvalue weighted by Crippen LogP contribution is -2.37. The molecule has 0 aromatic heterocycles. The van der Waals surface area contributed by atoms with Crippen molar-refractivity contribution >= 4 is 0 Å². The Morgan fingerprint density at radius 1 is 1.29 bits per heavy atom. The lowest BCUT2D eigenvalue weighted by atomic mass is 10.2. The molecule has 3 N–H and O–H groups in total. The van der Waals surface area contributed by atoms with Gasteiger partial charge in [-0.15, -0.1) is 0 Å². The fraction of sp³-hybridized carbons (Fsp3) is 0.500. The lowest BCUT2D eigenvalue weighted by molar-refractivity contribution is -0.0864. The van der Waals surface area contributed by atoms with E-state index in [4.69, 9.17) is 9.47 Å². The normalized spacial score (nSPS) is 20.4. The Bertz CT molecular complexity index is 364. The molecule has 0 saturated carbocycles. The highest BCUT2D eigenvalue weighted by Crippen LogP contribution is 2.27. The van der Waals surface area contributed by atoms with Gasteiger partial charge in [-0.2, -0.15) is 0 Å². The number of hydrogen-bond donors (Lipinski definition) is 3. The summed E-state index contributed by atoms with van der Waals surface area (Å²) in [7, 11) is 0. The molecular weight excluding hydrogens is 222 g/mol. The van der Waals surface area contributed by atoms with Crippen LogP contribution < -0.4 is 5.32 Å². The zero-order valence-corrected chi connectivity index (χ0v) is 9.56. The summed E-state index contributed by atoms with van der Waals surface area (Å²) in [5.74, 6) is -0.164. The van der Waals surface area contributed by atoms with E-state index in [1.165, 1.54) is 6.07 Å². The average molecular weight is 239 g/mol. The Hall–Kier alpha value is -1.30. The van der Waals surface area contributed by atoms with E-state index in [9.17, 15) is 10.2 Å². The van der Waals surface area contributed by atoms with Crippen LogP contribution in [0.1, 0.15) is 5.56 Å². The molecule has 1 fully saturated rings. The summed E-state index contributed by atoms with van der Waals surface area (Å²) in [6.45, 7) is 3.03. The van der Waals surface area contributed by atoms with Crippen molar-refractivity contribution in [2.75, 3.05) is 26.4 Å². The summed E-state index contributed by atoms with van der Waals surface area (Å²) in [6, 6.07) is 4.92. The van der Waals surface area contributed by atoms with Gasteiger partial charge in [0.2, 0.25) is 0 Å². The number of para-hydroxylation sites is 1. The van der Waals surface area contributed by atoms with Gasteiger partial charge in [-0.05, 0) is 6.07 Å². The summed E-state index contributed by atoms with van der Waals surface area (Å²) >= 11 is 0. The molecule has 1 saturated heterocycles. The second kappa shape index (κ2) is 5.86. The van der Waals surface area contributed by atoms with Gasteiger partial charge in [0, 0.05) is 18.7 Å². The van der Waals surface area contributed by atoms with Gasteiger partial charge in [-0.1, -0.05) is 12.1 Å². The fourth-order valence-electron chi connectivity index (χ4n) is 1.74. The second-order valence-electron chi connectivity index (χ2n) is 3.98. The van der Waals surface area contributed by atoms with Gasteiger partial charge >= 0.3 is 0 Å². The van der Waals surface area contributed by atoms with E-state index in [2.05, 4.69) is 5.32 Å². The maximum Gasteiger partial charge on any atom is 0.161 e. The van der Waals surface area contributed by atoms with Crippen molar-refractivity contribution in [3.8, 4) is 11.5 Å². The van der Waals surface area contributed by atoms with Crippen molar-refractivity contribution in [1.82, 2.24) is 5.32 Å². The first kappa shape index (κ1) is 12.2. The third-order valence-corrected chi connectivity index (χ3v) is 2.67. The second-order valence-corrected chi connectivity index (χ2v) is 3.98. The molecule has 1 aliphatic heterocycles. The van der Waals surface area contributed by atoms with E-state index in [1.54, 1.807) is 12.1 Å². The van der Waals surface area contributed by atoms with Gasteiger partial charge in [0.25, 0.3) is 0 Å². The van der Waals surface area contributed by atoms with Crippen LogP contribution in [0.5, 0.6) is 11.5 Å². The van der Waals surface area contributed by atoms with Gasteiger partial charge < -0.3 is 25.0 Å². The number of nitrogens with one attached hydrogen (secondary N) is 1. The predicted octanol–water partition coefficient (Wildman–Crippen LogP) is 0.603. The van der Waals surface area contributed by atoms with Gasteiger partial charge in [-0.25, -0.2) is 0 Å². The molecule has 5 heteroatoms. The molecule has 17 heavy (non-hydrogen) atoms. The molecule has 1 aliphatic rings. The third-order valence-electron chi connectivity index (χ3n) is 2.67. The van der Waals surface area contributed by atoms with Gasteiger partial charge in [0.1, 0.15) is 0 Å². The Kier molecular flexibility index (Phi) is 4.19. The first-order chi connectivity index (χ1) is 8.27.